The van der Waals surface area contributed by atoms with Crippen LogP contribution in [0, 0.1) is 0 Å². The number of benzene rings is 2. The van der Waals surface area contributed by atoms with Crippen LogP contribution in [-0.2, 0) is 10.0 Å². The Labute approximate surface area is 150 Å². The van der Waals surface area contributed by atoms with Crippen molar-refractivity contribution in [3.63, 3.8) is 0 Å². The highest BCUT2D eigenvalue weighted by molar-refractivity contribution is 7.93. The van der Waals surface area contributed by atoms with E-state index < -0.39 is 10.0 Å². The monoisotopic (exact) mass is 378 g/mol. The third-order valence-electron chi connectivity index (χ3n) is 3.64. The van der Waals surface area contributed by atoms with Crippen molar-refractivity contribution in [2.45, 2.75) is 11.8 Å². The largest absolute Gasteiger partial charge is 0.496 e. The average molecular weight is 378 g/mol. The van der Waals surface area contributed by atoms with Crippen LogP contribution in [0.2, 0.25) is 0 Å². The maximum Gasteiger partial charge on any atom is 0.270 e. The van der Waals surface area contributed by atoms with Crippen LogP contribution >= 0.6 is 0 Å². The highest BCUT2D eigenvalue weighted by Gasteiger charge is 2.27. The number of hydrogen-bond donors (Lipinski definition) is 1. The quantitative estimate of drug-likeness (QED) is 0.674. The molecule has 0 unspecified atom stereocenters. The van der Waals surface area contributed by atoms with Gasteiger partial charge >= 0.3 is 0 Å². The minimum absolute atomic E-state index is 0.0193. The maximum absolute atomic E-state index is 13.0. The summed E-state index contributed by atoms with van der Waals surface area (Å²) in [7, 11) is -1.21. The molecule has 0 atom stereocenters. The van der Waals surface area contributed by atoms with Crippen LogP contribution < -0.4 is 18.9 Å². The molecular weight excluding hydrogens is 360 g/mol. The summed E-state index contributed by atoms with van der Waals surface area (Å²) in [6.07, 6.45) is 0. The second kappa shape index (κ2) is 7.12. The number of ether oxygens (including phenoxy) is 3. The fourth-order valence-electron chi connectivity index (χ4n) is 2.57. The molecule has 0 aliphatic heterocycles. The van der Waals surface area contributed by atoms with Crippen LogP contribution in [0.25, 0.3) is 11.0 Å². The summed E-state index contributed by atoms with van der Waals surface area (Å²) in [5, 5.41) is 4.24. The van der Waals surface area contributed by atoms with Crippen LogP contribution in [0.3, 0.4) is 0 Å². The molecule has 1 heterocycles. The lowest BCUT2D eigenvalue weighted by atomic mass is 10.2. The molecule has 26 heavy (non-hydrogen) atoms. The van der Waals surface area contributed by atoms with Gasteiger partial charge in [0.1, 0.15) is 22.6 Å². The van der Waals surface area contributed by atoms with E-state index in [1.807, 2.05) is 0 Å². The predicted octanol–water partition coefficient (Wildman–Crippen LogP) is 3.04. The van der Waals surface area contributed by atoms with E-state index in [4.69, 9.17) is 18.7 Å². The second-order valence-corrected chi connectivity index (χ2v) is 6.81. The smallest absolute Gasteiger partial charge is 0.270 e. The molecule has 2 aromatic carbocycles. The molecule has 0 spiro atoms. The molecule has 0 saturated carbocycles. The van der Waals surface area contributed by atoms with Gasteiger partial charge in [0.05, 0.1) is 20.8 Å². The van der Waals surface area contributed by atoms with E-state index in [9.17, 15) is 8.42 Å². The van der Waals surface area contributed by atoms with Crippen molar-refractivity contribution in [2.24, 2.45) is 0 Å². The Bertz CT molecular complexity index is 1030. The summed E-state index contributed by atoms with van der Waals surface area (Å²) >= 11 is 0. The molecule has 0 aliphatic carbocycles. The van der Waals surface area contributed by atoms with Crippen molar-refractivity contribution in [2.75, 3.05) is 25.5 Å². The Kier molecular flexibility index (Phi) is 4.90. The fourth-order valence-corrected chi connectivity index (χ4v) is 3.87. The van der Waals surface area contributed by atoms with Crippen LogP contribution in [0.1, 0.15) is 6.92 Å². The van der Waals surface area contributed by atoms with Crippen molar-refractivity contribution in [3.8, 4) is 17.2 Å². The van der Waals surface area contributed by atoms with Gasteiger partial charge in [0.2, 0.25) is 0 Å². The molecule has 0 fully saturated rings. The van der Waals surface area contributed by atoms with Crippen LogP contribution in [0.15, 0.2) is 45.8 Å². The molecule has 0 amide bonds. The van der Waals surface area contributed by atoms with Gasteiger partial charge in [-0.25, -0.2) is 8.42 Å². The number of sulfonamides is 1. The minimum atomic E-state index is -4.07. The number of hydrogen-bond acceptors (Lipinski definition) is 7. The Morgan fingerprint density at radius 1 is 1.04 bits per heavy atom. The summed E-state index contributed by atoms with van der Waals surface area (Å²) in [5.74, 6) is 0.791. The number of nitrogens with zero attached hydrogens (tertiary/aromatic N) is 1. The normalized spacial score (nSPS) is 11.3. The van der Waals surface area contributed by atoms with E-state index in [0.29, 0.717) is 23.3 Å². The number of fused-ring (bicyclic) bond motifs is 1. The van der Waals surface area contributed by atoms with Crippen molar-refractivity contribution >= 4 is 26.8 Å². The van der Waals surface area contributed by atoms with Crippen molar-refractivity contribution in [1.82, 2.24) is 5.16 Å². The standard InChI is InChI=1S/C17H18N2O6S/c1-4-24-14-10-6-9-13(23-3)16(14)26(20,21)19-17-15-11(22-2)7-5-8-12(15)25-18-17/h5-10H,4H2,1-3H3,(H,18,19). The second-order valence-electron chi connectivity index (χ2n) is 5.19. The molecule has 0 bridgehead atoms. The lowest BCUT2D eigenvalue weighted by molar-refractivity contribution is 0.323. The SMILES string of the molecule is CCOc1cccc(OC)c1S(=O)(=O)Nc1noc2cccc(OC)c12. The molecule has 3 aromatic rings. The first-order chi connectivity index (χ1) is 12.5. The Hall–Kier alpha value is -2.94. The van der Waals surface area contributed by atoms with E-state index in [2.05, 4.69) is 9.88 Å². The molecule has 138 valence electrons. The zero-order chi connectivity index (χ0) is 18.7. The van der Waals surface area contributed by atoms with E-state index in [1.165, 1.54) is 14.2 Å². The van der Waals surface area contributed by atoms with E-state index in [0.717, 1.165) is 0 Å². The van der Waals surface area contributed by atoms with Gasteiger partial charge in [-0.05, 0) is 31.2 Å². The molecule has 8 nitrogen and oxygen atoms in total. The number of anilines is 1. The minimum Gasteiger partial charge on any atom is -0.496 e. The highest BCUT2D eigenvalue weighted by Crippen LogP contribution is 2.37. The van der Waals surface area contributed by atoms with Gasteiger partial charge in [0.25, 0.3) is 10.0 Å². The molecule has 1 aromatic heterocycles. The van der Waals surface area contributed by atoms with Gasteiger partial charge in [-0.1, -0.05) is 17.3 Å². The van der Waals surface area contributed by atoms with Gasteiger partial charge in [0, 0.05) is 0 Å². The summed E-state index contributed by atoms with van der Waals surface area (Å²) < 4.78 is 49.6. The number of nitrogens with one attached hydrogen (secondary N) is 1. The zero-order valence-electron chi connectivity index (χ0n) is 14.5. The van der Waals surface area contributed by atoms with Crippen LogP contribution in [0.5, 0.6) is 17.2 Å². The van der Waals surface area contributed by atoms with Gasteiger partial charge in [-0.3, -0.25) is 4.72 Å². The van der Waals surface area contributed by atoms with Gasteiger partial charge in [0.15, 0.2) is 16.3 Å². The molecule has 0 radical (unpaired) electrons. The predicted molar refractivity (Wildman–Crippen MR) is 95.5 cm³/mol. The molecule has 0 aliphatic rings. The maximum atomic E-state index is 13.0. The Morgan fingerprint density at radius 3 is 2.38 bits per heavy atom. The van der Waals surface area contributed by atoms with Gasteiger partial charge < -0.3 is 18.7 Å². The highest BCUT2D eigenvalue weighted by atomic mass is 32.2. The van der Waals surface area contributed by atoms with Crippen molar-refractivity contribution < 1.29 is 27.2 Å². The third-order valence-corrected chi connectivity index (χ3v) is 5.04. The van der Waals surface area contributed by atoms with Gasteiger partial charge in [-0.2, -0.15) is 0 Å². The van der Waals surface area contributed by atoms with E-state index in [-0.39, 0.29) is 22.2 Å². The Balaban J connectivity index is 2.11. The number of aromatic nitrogens is 1. The summed E-state index contributed by atoms with van der Waals surface area (Å²) in [5.41, 5.74) is 0.395. The number of methoxy groups -OCH3 is 2. The lowest BCUT2D eigenvalue weighted by Gasteiger charge is -2.14. The average Bonchev–Trinajstić information content (AvgIpc) is 3.04. The first kappa shape index (κ1) is 17.9. The first-order valence-electron chi connectivity index (χ1n) is 7.76. The van der Waals surface area contributed by atoms with Crippen LogP contribution in [0.4, 0.5) is 5.82 Å². The molecule has 3 rings (SSSR count). The summed E-state index contributed by atoms with van der Waals surface area (Å²) in [6, 6.07) is 9.82. The Morgan fingerprint density at radius 2 is 1.69 bits per heavy atom. The molecule has 0 saturated heterocycles. The van der Waals surface area contributed by atoms with Crippen LogP contribution in [-0.4, -0.2) is 34.4 Å². The molecule has 9 heteroatoms. The summed E-state index contributed by atoms with van der Waals surface area (Å²) in [6.45, 7) is 2.07. The lowest BCUT2D eigenvalue weighted by Crippen LogP contribution is -2.16. The first-order valence-corrected chi connectivity index (χ1v) is 9.25. The fraction of sp³-hybridized carbons (Fsp3) is 0.235. The van der Waals surface area contributed by atoms with E-state index in [1.54, 1.807) is 43.3 Å². The van der Waals surface area contributed by atoms with E-state index >= 15 is 0 Å². The number of rotatable bonds is 7. The third kappa shape index (κ3) is 3.13. The summed E-state index contributed by atoms with van der Waals surface area (Å²) in [4.78, 5) is -0.115. The topological polar surface area (TPSA) is 99.9 Å². The van der Waals surface area contributed by atoms with Gasteiger partial charge in [-0.15, -0.1) is 0 Å². The molecular formula is C17H18N2O6S. The van der Waals surface area contributed by atoms with Crippen molar-refractivity contribution in [1.29, 1.82) is 0 Å². The molecule has 1 N–H and O–H groups in total. The van der Waals surface area contributed by atoms with Crippen molar-refractivity contribution in [3.05, 3.63) is 36.4 Å². The zero-order valence-corrected chi connectivity index (χ0v) is 15.3.